The van der Waals surface area contributed by atoms with Crippen LogP contribution in [0.2, 0.25) is 0 Å². The van der Waals surface area contributed by atoms with E-state index >= 15 is 0 Å². The van der Waals surface area contributed by atoms with E-state index < -0.39 is 14.1 Å². The van der Waals surface area contributed by atoms with Gasteiger partial charge in [-0.05, 0) is 126 Å². The Morgan fingerprint density at radius 2 is 0.622 bits per heavy atom. The van der Waals surface area contributed by atoms with Gasteiger partial charge in [0.25, 0.3) is 0 Å². The fraction of sp³-hybridized carbons (Fsp3) is 0. The van der Waals surface area contributed by atoms with Gasteiger partial charge in [0.05, 0.1) is 40.0 Å². The first kappa shape index (κ1) is 41.5. The largest absolute Gasteiger partial charge is 0.309 e. The molecule has 3 aromatic heterocycles. The summed E-state index contributed by atoms with van der Waals surface area (Å²) in [5, 5.41) is 19.2. The molecule has 0 fully saturated rings. The molecule has 17 aromatic rings. The maximum atomic E-state index is 8.85. The van der Waals surface area contributed by atoms with Crippen molar-refractivity contribution < 1.29 is 6.85 Å². The predicted octanol–water partition coefficient (Wildman–Crippen LogP) is 17.5. The van der Waals surface area contributed by atoms with Gasteiger partial charge in [0.2, 0.25) is 0 Å². The van der Waals surface area contributed by atoms with Crippen LogP contribution in [0.15, 0.2) is 309 Å². The lowest BCUT2D eigenvalue weighted by Crippen LogP contribution is -2.74. The van der Waals surface area contributed by atoms with Crippen LogP contribution in [0.25, 0.3) is 126 Å². The molecule has 3 heterocycles. The first-order valence-corrected chi connectivity index (χ1v) is 30.0. The fourth-order valence-corrected chi connectivity index (χ4v) is 18.7. The van der Waals surface area contributed by atoms with E-state index in [0.29, 0.717) is 5.56 Å². The van der Waals surface area contributed by atoms with Crippen LogP contribution in [0.3, 0.4) is 0 Å². The lowest BCUT2D eigenvalue weighted by Gasteiger charge is -2.34. The van der Waals surface area contributed by atoms with E-state index in [1.54, 1.807) is 0 Å². The minimum atomic E-state index is -3.15. The van der Waals surface area contributed by atoms with E-state index in [4.69, 9.17) is 6.85 Å². The highest BCUT2D eigenvalue weighted by Crippen LogP contribution is 2.45. The molecule has 0 aliphatic rings. The second-order valence-electron chi connectivity index (χ2n) is 21.5. The summed E-state index contributed by atoms with van der Waals surface area (Å²) in [4.78, 5) is 0. The van der Waals surface area contributed by atoms with Crippen LogP contribution in [0.4, 0.5) is 0 Å². The summed E-state index contributed by atoms with van der Waals surface area (Å²) in [7, 11) is -3.15. The quantitative estimate of drug-likeness (QED) is 0.0818. The van der Waals surface area contributed by atoms with Crippen molar-refractivity contribution in [3.8, 4) is 28.2 Å². The van der Waals surface area contributed by atoms with Gasteiger partial charge in [0.1, 0.15) is 0 Å². The van der Waals surface area contributed by atoms with E-state index in [9.17, 15) is 0 Å². The molecule has 0 atom stereocenters. The number of hydrogen-bond donors (Lipinski definition) is 0. The number of aromatic nitrogens is 3. The molecule has 0 saturated heterocycles. The van der Waals surface area contributed by atoms with Crippen molar-refractivity contribution in [2.24, 2.45) is 0 Å². The van der Waals surface area contributed by atoms with Crippen LogP contribution in [-0.2, 0) is 0 Å². The third kappa shape index (κ3) is 6.76. The van der Waals surface area contributed by atoms with Crippen molar-refractivity contribution >= 4 is 127 Å². The zero-order chi connectivity index (χ0) is 58.2. The zero-order valence-electron chi connectivity index (χ0n) is 49.4. The molecule has 3 nitrogen and oxygen atoms in total. The highest BCUT2D eigenvalue weighted by molar-refractivity contribution is 7.19. The summed E-state index contributed by atoms with van der Waals surface area (Å²) >= 11 is 0. The average Bonchev–Trinajstić information content (AvgIpc) is 1.72. The molecular weight excluding hydrogens is 1010 g/mol. The molecule has 82 heavy (non-hydrogen) atoms. The molecule has 0 aliphatic carbocycles. The van der Waals surface area contributed by atoms with E-state index in [1.165, 1.54) is 85.8 Å². The van der Waals surface area contributed by atoms with Crippen molar-refractivity contribution in [3.05, 3.63) is 309 Å². The van der Waals surface area contributed by atoms with Gasteiger partial charge in [-0.3, -0.25) is 0 Å². The highest BCUT2D eigenvalue weighted by atomic mass is 28.3. The van der Waals surface area contributed by atoms with E-state index in [2.05, 4.69) is 281 Å². The maximum Gasteiger partial charge on any atom is 0.179 e. The molecule has 0 amide bonds. The van der Waals surface area contributed by atoms with Gasteiger partial charge in [-0.25, -0.2) is 0 Å². The Morgan fingerprint density at radius 1 is 0.232 bits per heavy atom. The molecule has 0 aliphatic heterocycles. The molecule has 0 unspecified atom stereocenters. The van der Waals surface area contributed by atoms with Crippen LogP contribution in [0.5, 0.6) is 0 Å². The topological polar surface area (TPSA) is 14.8 Å². The molecule has 17 rings (SSSR count). The number of hydrogen-bond acceptors (Lipinski definition) is 0. The number of benzene rings is 14. The minimum absolute atomic E-state index is 0.190. The highest BCUT2D eigenvalue weighted by Gasteiger charge is 2.41. The van der Waals surface area contributed by atoms with Gasteiger partial charge in [0.15, 0.2) is 8.07 Å². The summed E-state index contributed by atoms with van der Waals surface area (Å²) in [6, 6.07) is 99.9. The Kier molecular flexibility index (Phi) is 9.25. The molecule has 0 radical (unpaired) electrons. The maximum absolute atomic E-state index is 8.85. The lowest BCUT2D eigenvalue weighted by atomic mass is 9.92. The van der Waals surface area contributed by atoms with Crippen molar-refractivity contribution in [1.82, 2.24) is 13.7 Å². The molecule has 0 spiro atoms. The van der Waals surface area contributed by atoms with Gasteiger partial charge < -0.3 is 13.7 Å². The normalized spacial score (nSPS) is 13.0. The van der Waals surface area contributed by atoms with E-state index in [0.717, 1.165) is 49.7 Å². The van der Waals surface area contributed by atoms with Crippen LogP contribution in [-0.4, -0.2) is 21.8 Å². The third-order valence-corrected chi connectivity index (χ3v) is 22.2. The van der Waals surface area contributed by atoms with Gasteiger partial charge in [-0.2, -0.15) is 0 Å². The fourth-order valence-electron chi connectivity index (χ4n) is 14.0. The molecule has 0 N–H and O–H groups in total. The van der Waals surface area contributed by atoms with E-state index in [1.807, 2.05) is 12.1 Å². The van der Waals surface area contributed by atoms with Gasteiger partial charge in [-0.15, -0.1) is 0 Å². The number of para-hydroxylation sites is 3. The van der Waals surface area contributed by atoms with Crippen LogP contribution in [0.1, 0.15) is 6.85 Å². The number of rotatable bonds is 8. The summed E-state index contributed by atoms with van der Waals surface area (Å²) in [5.41, 5.74) is 10.8. The number of nitrogens with zero attached hydrogens (tertiary/aromatic N) is 3. The monoisotopic (exact) mass is 1060 g/mol. The van der Waals surface area contributed by atoms with Crippen molar-refractivity contribution in [3.63, 3.8) is 0 Å². The smallest absolute Gasteiger partial charge is 0.179 e. The standard InChI is InChI=1S/C78H51N3Si/c1-4-20-52(21-5-1)53-36-42-59(43-37-53)82(57-22-6-2-7-23-57,58-24-8-3-9-25-58)60-44-38-54(39-45-60)79-75-49-47-68-63-28-11-10-26-61(63)62-27-12-13-32-67(62)77(68)78(75)69-46-40-56(51-76(69)79)81-73-35-19-16-31-66(73)70-50-55(41-48-74(70)81)80-71-33-17-14-29-64(71)65-30-15-18-34-72(65)80/h1-51H/i1D,4D,5D,20D,21D. The number of fused-ring (bicyclic) bond motifs is 16. The van der Waals surface area contributed by atoms with Gasteiger partial charge >= 0.3 is 0 Å². The van der Waals surface area contributed by atoms with Crippen molar-refractivity contribution in [2.75, 3.05) is 0 Å². The molecule has 0 bridgehead atoms. The molecule has 4 heteroatoms. The lowest BCUT2D eigenvalue weighted by molar-refractivity contribution is 1.15. The van der Waals surface area contributed by atoms with Crippen LogP contribution in [0, 0.1) is 0 Å². The summed E-state index contributed by atoms with van der Waals surface area (Å²) in [5.74, 6) is 0. The first-order chi connectivity index (χ1) is 42.8. The van der Waals surface area contributed by atoms with Crippen LogP contribution < -0.4 is 20.7 Å². The van der Waals surface area contributed by atoms with Gasteiger partial charge in [-0.1, -0.05) is 243 Å². The minimum Gasteiger partial charge on any atom is -0.309 e. The summed E-state index contributed by atoms with van der Waals surface area (Å²) < 4.78 is 50.3. The molecular formula is C78H51N3Si. The Balaban J connectivity index is 0.905. The Morgan fingerprint density at radius 3 is 1.21 bits per heavy atom. The Hall–Kier alpha value is -10.5. The predicted molar refractivity (Wildman–Crippen MR) is 351 cm³/mol. The Labute approximate surface area is 482 Å². The van der Waals surface area contributed by atoms with E-state index in [-0.39, 0.29) is 29.7 Å². The summed E-state index contributed by atoms with van der Waals surface area (Å²) in [6.45, 7) is 0. The zero-order valence-corrected chi connectivity index (χ0v) is 45.4. The SMILES string of the molecule is [2H]c1c([2H])c([2H])c(-c2ccc([Si](c3ccccc3)(c3ccccc3)c3ccc(-n4c5cc(-n6c7ccccc7c7cc(-n8c9ccccc9c9ccccc98)ccc76)ccc5c5c6c7ccccc7c7ccccc7c6ccc54)cc3)cc2)c([2H])c1[2H]. The van der Waals surface area contributed by atoms with Crippen molar-refractivity contribution in [2.45, 2.75) is 0 Å². The Bertz CT molecular complexity index is 5540. The molecule has 14 aromatic carbocycles. The third-order valence-electron chi connectivity index (χ3n) is 17.5. The molecule has 0 saturated carbocycles. The molecule has 382 valence electrons. The van der Waals surface area contributed by atoms with Crippen LogP contribution >= 0.6 is 0 Å². The second-order valence-corrected chi connectivity index (χ2v) is 25.3. The summed E-state index contributed by atoms with van der Waals surface area (Å²) in [6.07, 6.45) is 0. The van der Waals surface area contributed by atoms with Crippen molar-refractivity contribution in [1.29, 1.82) is 0 Å². The second kappa shape index (κ2) is 18.3. The van der Waals surface area contributed by atoms with Gasteiger partial charge in [0, 0.05) is 54.8 Å². The average molecular weight is 1060 g/mol. The first-order valence-electron chi connectivity index (χ1n) is 30.5.